The Morgan fingerprint density at radius 2 is 1.94 bits per heavy atom. The molecule has 18 heavy (non-hydrogen) atoms. The predicted molar refractivity (Wildman–Crippen MR) is 66.6 cm³/mol. The smallest absolute Gasteiger partial charge is 0.285 e. The van der Waals surface area contributed by atoms with E-state index in [0.717, 1.165) is 19.3 Å². The summed E-state index contributed by atoms with van der Waals surface area (Å²) in [5.41, 5.74) is 0.0484. The summed E-state index contributed by atoms with van der Waals surface area (Å²) < 4.78 is 28.3. The lowest BCUT2D eigenvalue weighted by atomic mass is 10.0. The highest BCUT2D eigenvalue weighted by Gasteiger charge is 2.36. The van der Waals surface area contributed by atoms with Gasteiger partial charge in [0.2, 0.25) is 0 Å². The van der Waals surface area contributed by atoms with Crippen molar-refractivity contribution in [1.82, 2.24) is 4.90 Å². The van der Waals surface area contributed by atoms with Gasteiger partial charge in [0.05, 0.1) is 13.2 Å². The Labute approximate surface area is 106 Å². The number of piperidine rings is 1. The van der Waals surface area contributed by atoms with Crippen LogP contribution in [0.2, 0.25) is 0 Å². The van der Waals surface area contributed by atoms with Gasteiger partial charge in [0.1, 0.15) is 0 Å². The number of hydrogen-bond donors (Lipinski definition) is 1. The summed E-state index contributed by atoms with van der Waals surface area (Å²) in [6, 6.07) is 7.78. The number of hydrogen-bond acceptors (Lipinski definition) is 2. The number of likely N-dealkylation sites (tertiary alicyclic amines) is 1. The molecule has 0 aromatic heterocycles. The zero-order chi connectivity index (χ0) is 13.0. The van der Waals surface area contributed by atoms with E-state index in [2.05, 4.69) is 0 Å². The van der Waals surface area contributed by atoms with Crippen molar-refractivity contribution in [2.45, 2.75) is 31.2 Å². The zero-order valence-electron chi connectivity index (χ0n) is 10.4. The molecular weight excluding hydrogens is 236 g/mol. The fraction of sp³-hybridized carbons (Fsp3) is 0.571. The number of alkyl halides is 2. The maximum atomic E-state index is 14.1. The van der Waals surface area contributed by atoms with Crippen molar-refractivity contribution in [3.05, 3.63) is 35.9 Å². The molecule has 1 aromatic carbocycles. The van der Waals surface area contributed by atoms with E-state index in [1.54, 1.807) is 23.1 Å². The third kappa shape index (κ3) is 3.06. The van der Waals surface area contributed by atoms with Crippen LogP contribution in [0.25, 0.3) is 0 Å². The van der Waals surface area contributed by atoms with Crippen LogP contribution in [0.15, 0.2) is 30.3 Å². The van der Waals surface area contributed by atoms with Crippen LogP contribution >= 0.6 is 0 Å². The summed E-state index contributed by atoms with van der Waals surface area (Å²) in [5, 5.41) is 9.24. The Kier molecular flexibility index (Phi) is 4.30. The quantitative estimate of drug-likeness (QED) is 0.894. The van der Waals surface area contributed by atoms with Crippen molar-refractivity contribution in [1.29, 1.82) is 0 Å². The maximum absolute atomic E-state index is 14.1. The Bertz CT molecular complexity index is 369. The average molecular weight is 255 g/mol. The van der Waals surface area contributed by atoms with E-state index < -0.39 is 5.92 Å². The van der Waals surface area contributed by atoms with E-state index in [4.69, 9.17) is 0 Å². The molecule has 1 aromatic rings. The monoisotopic (exact) mass is 255 g/mol. The van der Waals surface area contributed by atoms with Gasteiger partial charge in [-0.3, -0.25) is 4.90 Å². The highest BCUT2D eigenvalue weighted by atomic mass is 19.3. The molecule has 0 bridgehead atoms. The molecule has 0 spiro atoms. The zero-order valence-corrected chi connectivity index (χ0v) is 10.4. The summed E-state index contributed by atoms with van der Waals surface area (Å²) >= 11 is 0. The van der Waals surface area contributed by atoms with Crippen LogP contribution in [0.4, 0.5) is 8.78 Å². The molecule has 2 rings (SSSR count). The second kappa shape index (κ2) is 5.76. The van der Waals surface area contributed by atoms with Crippen LogP contribution in [0.5, 0.6) is 0 Å². The normalized spacial score (nSPS) is 22.1. The van der Waals surface area contributed by atoms with Gasteiger partial charge in [-0.1, -0.05) is 36.8 Å². The minimum absolute atomic E-state index is 0.0368. The maximum Gasteiger partial charge on any atom is 0.285 e. The molecule has 4 heteroatoms. The van der Waals surface area contributed by atoms with Crippen molar-refractivity contribution >= 4 is 0 Å². The molecule has 2 nitrogen and oxygen atoms in total. The summed E-state index contributed by atoms with van der Waals surface area (Å²) in [4.78, 5) is 1.72. The Morgan fingerprint density at radius 1 is 1.22 bits per heavy atom. The number of aliphatic hydroxyl groups is 1. The van der Waals surface area contributed by atoms with Gasteiger partial charge < -0.3 is 5.11 Å². The Morgan fingerprint density at radius 3 is 2.61 bits per heavy atom. The molecule has 1 heterocycles. The van der Waals surface area contributed by atoms with Crippen LogP contribution in [-0.2, 0) is 5.92 Å². The molecule has 1 fully saturated rings. The van der Waals surface area contributed by atoms with Crippen LogP contribution < -0.4 is 0 Å². The van der Waals surface area contributed by atoms with Gasteiger partial charge in [0.15, 0.2) is 0 Å². The average Bonchev–Trinajstić information content (AvgIpc) is 2.40. The van der Waals surface area contributed by atoms with E-state index in [9.17, 15) is 13.9 Å². The molecular formula is C14H19F2NO. The molecule has 1 aliphatic rings. The van der Waals surface area contributed by atoms with Crippen molar-refractivity contribution in [3.8, 4) is 0 Å². The number of aliphatic hydroxyl groups excluding tert-OH is 1. The van der Waals surface area contributed by atoms with Gasteiger partial charge in [0, 0.05) is 11.6 Å². The van der Waals surface area contributed by atoms with Gasteiger partial charge in [-0.25, -0.2) is 0 Å². The minimum atomic E-state index is -2.86. The molecule has 1 saturated heterocycles. The lowest BCUT2D eigenvalue weighted by Gasteiger charge is -2.36. The standard InChI is InChI=1S/C14H19F2NO/c15-14(16,12-6-2-1-3-7-12)11-17-9-5-4-8-13(17)10-18/h1-3,6-7,13,18H,4-5,8-11H2. The first-order valence-corrected chi connectivity index (χ1v) is 6.42. The molecule has 0 amide bonds. The van der Waals surface area contributed by atoms with Gasteiger partial charge in [-0.15, -0.1) is 0 Å². The van der Waals surface area contributed by atoms with E-state index in [-0.39, 0.29) is 24.8 Å². The second-order valence-corrected chi connectivity index (χ2v) is 4.87. The topological polar surface area (TPSA) is 23.5 Å². The number of benzene rings is 1. The van der Waals surface area contributed by atoms with Crippen molar-refractivity contribution in [2.75, 3.05) is 19.7 Å². The Balaban J connectivity index is 2.07. The second-order valence-electron chi connectivity index (χ2n) is 4.87. The predicted octanol–water partition coefficient (Wildman–Crippen LogP) is 2.63. The van der Waals surface area contributed by atoms with Crippen LogP contribution in [0, 0.1) is 0 Å². The Hall–Kier alpha value is -1.00. The van der Waals surface area contributed by atoms with Crippen molar-refractivity contribution in [2.24, 2.45) is 0 Å². The van der Waals surface area contributed by atoms with Crippen LogP contribution in [0.1, 0.15) is 24.8 Å². The number of halogens is 2. The summed E-state index contributed by atoms with van der Waals surface area (Å²) in [5.74, 6) is -2.86. The largest absolute Gasteiger partial charge is 0.395 e. The van der Waals surface area contributed by atoms with Crippen LogP contribution in [-0.4, -0.2) is 35.7 Å². The first-order chi connectivity index (χ1) is 8.63. The lowest BCUT2D eigenvalue weighted by molar-refractivity contribution is -0.0603. The molecule has 0 aliphatic carbocycles. The SMILES string of the molecule is OCC1CCCCN1CC(F)(F)c1ccccc1. The highest BCUT2D eigenvalue weighted by Crippen LogP contribution is 2.31. The van der Waals surface area contributed by atoms with Gasteiger partial charge >= 0.3 is 0 Å². The highest BCUT2D eigenvalue weighted by molar-refractivity contribution is 5.20. The molecule has 1 N–H and O–H groups in total. The number of nitrogens with zero attached hydrogens (tertiary/aromatic N) is 1. The first kappa shape index (κ1) is 13.4. The fourth-order valence-corrected chi connectivity index (χ4v) is 2.50. The minimum Gasteiger partial charge on any atom is -0.395 e. The molecule has 0 radical (unpaired) electrons. The first-order valence-electron chi connectivity index (χ1n) is 6.42. The van der Waals surface area contributed by atoms with Crippen molar-refractivity contribution < 1.29 is 13.9 Å². The summed E-state index contributed by atoms with van der Waals surface area (Å²) in [7, 11) is 0. The molecule has 100 valence electrons. The molecule has 1 aliphatic heterocycles. The van der Waals surface area contributed by atoms with Crippen molar-refractivity contribution in [3.63, 3.8) is 0 Å². The van der Waals surface area contributed by atoms with Gasteiger partial charge in [-0.05, 0) is 19.4 Å². The van der Waals surface area contributed by atoms with Gasteiger partial charge in [-0.2, -0.15) is 8.78 Å². The van der Waals surface area contributed by atoms with E-state index in [1.165, 1.54) is 12.1 Å². The van der Waals surface area contributed by atoms with E-state index in [0.29, 0.717) is 6.54 Å². The van der Waals surface area contributed by atoms with Crippen LogP contribution in [0.3, 0.4) is 0 Å². The molecule has 0 saturated carbocycles. The van der Waals surface area contributed by atoms with E-state index >= 15 is 0 Å². The summed E-state index contributed by atoms with van der Waals surface area (Å²) in [6.07, 6.45) is 2.75. The molecule has 1 atom stereocenters. The fourth-order valence-electron chi connectivity index (χ4n) is 2.50. The van der Waals surface area contributed by atoms with Gasteiger partial charge in [0.25, 0.3) is 5.92 Å². The third-order valence-electron chi connectivity index (χ3n) is 3.56. The third-order valence-corrected chi connectivity index (χ3v) is 3.56. The van der Waals surface area contributed by atoms with E-state index in [1.807, 2.05) is 0 Å². The number of rotatable bonds is 4. The lowest BCUT2D eigenvalue weighted by Crippen LogP contribution is -2.46. The molecule has 1 unspecified atom stereocenters. The summed E-state index contributed by atoms with van der Waals surface area (Å²) in [6.45, 7) is 0.306.